The number of nitrogens with one attached hydrogen (secondary N) is 3. The third-order valence-electron chi connectivity index (χ3n) is 5.81. The van der Waals surface area contributed by atoms with E-state index in [1.165, 1.54) is 6.92 Å². The van der Waals surface area contributed by atoms with Crippen LogP contribution in [0.4, 0.5) is 22.0 Å². The molecule has 5 aromatic rings. The lowest BCUT2D eigenvalue weighted by Gasteiger charge is -2.10. The van der Waals surface area contributed by atoms with Crippen molar-refractivity contribution in [2.45, 2.75) is 26.8 Å². The Labute approximate surface area is 225 Å². The number of nitrogens with zero attached hydrogens (tertiary/aromatic N) is 4. The lowest BCUT2D eigenvalue weighted by molar-refractivity contribution is -0.114. The van der Waals surface area contributed by atoms with Crippen molar-refractivity contribution in [3.05, 3.63) is 85.5 Å². The second kappa shape index (κ2) is 11.0. The Bertz CT molecular complexity index is 1640. The quantitative estimate of drug-likeness (QED) is 0.226. The molecule has 0 saturated carbocycles. The molecule has 0 atom stereocenters. The summed E-state index contributed by atoms with van der Waals surface area (Å²) >= 11 is 0. The van der Waals surface area contributed by atoms with Gasteiger partial charge in [0, 0.05) is 60.5 Å². The lowest BCUT2D eigenvalue weighted by atomic mass is 10.1. The van der Waals surface area contributed by atoms with E-state index in [4.69, 9.17) is 9.84 Å². The van der Waals surface area contributed by atoms with Crippen LogP contribution in [-0.2, 0) is 4.79 Å². The van der Waals surface area contributed by atoms with Gasteiger partial charge < -0.3 is 20.7 Å². The number of anilines is 3. The summed E-state index contributed by atoms with van der Waals surface area (Å²) in [6, 6.07) is 17.9. The number of amides is 3. The zero-order valence-electron chi connectivity index (χ0n) is 21.7. The minimum absolute atomic E-state index is 0.120. The number of hydrogen-bond donors (Lipinski definition) is 3. The molecule has 3 heterocycles. The molecular formula is C29H27N7O3. The predicted octanol–water partition coefficient (Wildman–Crippen LogP) is 6.47. The van der Waals surface area contributed by atoms with Crippen LogP contribution in [0.3, 0.4) is 0 Å². The molecule has 0 aliphatic carbocycles. The molecule has 0 aliphatic rings. The Hall–Kier alpha value is -5.25. The average molecular weight is 522 g/mol. The third kappa shape index (κ3) is 6.19. The van der Waals surface area contributed by atoms with Crippen LogP contribution in [0.5, 0.6) is 11.5 Å². The van der Waals surface area contributed by atoms with Gasteiger partial charge in [0.15, 0.2) is 0 Å². The van der Waals surface area contributed by atoms with Crippen molar-refractivity contribution < 1.29 is 14.3 Å². The summed E-state index contributed by atoms with van der Waals surface area (Å²) in [6.07, 6.45) is 6.94. The predicted molar refractivity (Wildman–Crippen MR) is 151 cm³/mol. The number of pyridine rings is 2. The minimum atomic E-state index is -0.396. The number of hydrogen-bond acceptors (Lipinski definition) is 6. The van der Waals surface area contributed by atoms with Crippen LogP contribution in [0.1, 0.15) is 26.8 Å². The molecule has 196 valence electrons. The Kier molecular flexibility index (Phi) is 7.17. The van der Waals surface area contributed by atoms with Gasteiger partial charge in [-0.3, -0.25) is 14.5 Å². The zero-order chi connectivity index (χ0) is 27.4. The van der Waals surface area contributed by atoms with E-state index >= 15 is 0 Å². The summed E-state index contributed by atoms with van der Waals surface area (Å²) < 4.78 is 7.67. The highest BCUT2D eigenvalue weighted by Gasteiger charge is 2.16. The van der Waals surface area contributed by atoms with Gasteiger partial charge in [-0.05, 0) is 61.7 Å². The number of carbonyl (C=O) groups excluding carboxylic acids is 2. The third-order valence-corrected chi connectivity index (χ3v) is 5.81. The highest BCUT2D eigenvalue weighted by Crippen LogP contribution is 2.31. The van der Waals surface area contributed by atoms with Gasteiger partial charge in [-0.2, -0.15) is 5.10 Å². The van der Waals surface area contributed by atoms with E-state index in [0.717, 1.165) is 16.3 Å². The van der Waals surface area contributed by atoms with Crippen LogP contribution in [0, 0.1) is 0 Å². The van der Waals surface area contributed by atoms with Crippen molar-refractivity contribution >= 4 is 39.9 Å². The summed E-state index contributed by atoms with van der Waals surface area (Å²) in [5.74, 6) is 1.27. The molecule has 0 unspecified atom stereocenters. The zero-order valence-corrected chi connectivity index (χ0v) is 21.7. The molecule has 2 aromatic carbocycles. The van der Waals surface area contributed by atoms with Crippen molar-refractivity contribution in [3.63, 3.8) is 0 Å². The first kappa shape index (κ1) is 25.4. The highest BCUT2D eigenvalue weighted by atomic mass is 16.5. The maximum absolute atomic E-state index is 12.9. The smallest absolute Gasteiger partial charge is 0.323 e. The minimum Gasteiger partial charge on any atom is -0.457 e. The monoisotopic (exact) mass is 521 g/mol. The van der Waals surface area contributed by atoms with E-state index < -0.39 is 6.03 Å². The number of urea groups is 1. The fourth-order valence-corrected chi connectivity index (χ4v) is 3.94. The van der Waals surface area contributed by atoms with E-state index in [2.05, 4.69) is 25.9 Å². The van der Waals surface area contributed by atoms with Crippen LogP contribution in [-0.4, -0.2) is 31.7 Å². The van der Waals surface area contributed by atoms with E-state index in [-0.39, 0.29) is 11.9 Å². The van der Waals surface area contributed by atoms with Gasteiger partial charge in [-0.25, -0.2) is 9.78 Å². The Morgan fingerprint density at radius 2 is 1.69 bits per heavy atom. The molecule has 0 radical (unpaired) electrons. The van der Waals surface area contributed by atoms with Gasteiger partial charge in [0.2, 0.25) is 5.91 Å². The summed E-state index contributed by atoms with van der Waals surface area (Å²) in [4.78, 5) is 32.4. The molecule has 0 aliphatic heterocycles. The number of benzene rings is 2. The van der Waals surface area contributed by atoms with E-state index in [1.807, 2.05) is 55.2 Å². The molecule has 39 heavy (non-hydrogen) atoms. The Balaban J connectivity index is 1.29. The second-order valence-corrected chi connectivity index (χ2v) is 9.17. The van der Waals surface area contributed by atoms with Gasteiger partial charge in [-0.1, -0.05) is 12.1 Å². The van der Waals surface area contributed by atoms with Crippen LogP contribution >= 0.6 is 0 Å². The van der Waals surface area contributed by atoms with Crippen molar-refractivity contribution in [1.82, 2.24) is 19.7 Å². The second-order valence-electron chi connectivity index (χ2n) is 9.17. The molecule has 5 rings (SSSR count). The van der Waals surface area contributed by atoms with Crippen LogP contribution in [0.25, 0.3) is 22.0 Å². The molecule has 0 saturated heterocycles. The molecule has 0 spiro atoms. The Morgan fingerprint density at radius 3 is 2.46 bits per heavy atom. The van der Waals surface area contributed by atoms with Gasteiger partial charge in [0.1, 0.15) is 23.0 Å². The maximum Gasteiger partial charge on any atom is 0.323 e. The maximum atomic E-state index is 12.9. The van der Waals surface area contributed by atoms with Crippen molar-refractivity contribution in [3.8, 4) is 22.8 Å². The number of aromatic nitrogens is 4. The molecule has 0 bridgehead atoms. The van der Waals surface area contributed by atoms with Crippen LogP contribution in [0.2, 0.25) is 0 Å². The molecule has 10 nitrogen and oxygen atoms in total. The SMILES string of the molecule is CC(=O)Nc1cc(Oc2ccc(NC(=O)Nc3cn(C(C)C)nc3-c3ccc4cnccc4c3)cc2)ccn1. The van der Waals surface area contributed by atoms with E-state index in [1.54, 1.807) is 48.8 Å². The molecule has 10 heteroatoms. The number of ether oxygens (including phenoxy) is 1. The topological polar surface area (TPSA) is 123 Å². The number of fused-ring (bicyclic) bond motifs is 1. The highest BCUT2D eigenvalue weighted by molar-refractivity contribution is 6.02. The normalized spacial score (nSPS) is 10.9. The van der Waals surface area contributed by atoms with Crippen LogP contribution < -0.4 is 20.7 Å². The molecule has 3 amide bonds. The first-order valence-electron chi connectivity index (χ1n) is 12.4. The van der Waals surface area contributed by atoms with Gasteiger partial charge in [0.05, 0.1) is 5.69 Å². The van der Waals surface area contributed by atoms with Gasteiger partial charge in [-0.15, -0.1) is 0 Å². The fourth-order valence-electron chi connectivity index (χ4n) is 3.94. The first-order valence-corrected chi connectivity index (χ1v) is 12.4. The summed E-state index contributed by atoms with van der Waals surface area (Å²) in [6.45, 7) is 5.47. The lowest BCUT2D eigenvalue weighted by Crippen LogP contribution is -2.19. The molecule has 3 aromatic heterocycles. The van der Waals surface area contributed by atoms with Crippen molar-refractivity contribution in [2.75, 3.05) is 16.0 Å². The van der Waals surface area contributed by atoms with Crippen LogP contribution in [0.15, 0.2) is 85.5 Å². The van der Waals surface area contributed by atoms with Crippen molar-refractivity contribution in [2.24, 2.45) is 0 Å². The fraction of sp³-hybridized carbons (Fsp3) is 0.138. The van der Waals surface area contributed by atoms with Gasteiger partial charge in [0.25, 0.3) is 0 Å². The summed E-state index contributed by atoms with van der Waals surface area (Å²) in [5, 5.41) is 15.2. The number of rotatable bonds is 7. The largest absolute Gasteiger partial charge is 0.457 e. The first-order chi connectivity index (χ1) is 18.8. The summed E-state index contributed by atoms with van der Waals surface area (Å²) in [5.41, 5.74) is 2.76. The number of carbonyl (C=O) groups is 2. The average Bonchev–Trinajstić information content (AvgIpc) is 3.33. The molecular weight excluding hydrogens is 494 g/mol. The molecule has 0 fully saturated rings. The van der Waals surface area contributed by atoms with Crippen molar-refractivity contribution in [1.29, 1.82) is 0 Å². The molecule has 3 N–H and O–H groups in total. The summed E-state index contributed by atoms with van der Waals surface area (Å²) in [7, 11) is 0. The Morgan fingerprint density at radius 1 is 0.872 bits per heavy atom. The van der Waals surface area contributed by atoms with Gasteiger partial charge >= 0.3 is 6.03 Å². The standard InChI is InChI=1S/C29H27N7O3/c1-18(2)36-17-26(28(35-36)21-4-5-22-16-30-12-10-20(22)14-21)34-29(38)33-23-6-8-24(9-7-23)39-25-11-13-31-27(15-25)32-19(3)37/h4-18H,1-3H3,(H,31,32,37)(H2,33,34,38). The van der Waals surface area contributed by atoms with E-state index in [9.17, 15) is 9.59 Å². The van der Waals surface area contributed by atoms with E-state index in [0.29, 0.717) is 34.4 Å².